The van der Waals surface area contributed by atoms with E-state index in [0.29, 0.717) is 32.4 Å². The molecule has 3 rings (SSSR count). The lowest BCUT2D eigenvalue weighted by molar-refractivity contribution is -0.131. The first-order valence-electron chi connectivity index (χ1n) is 9.18. The third-order valence-corrected chi connectivity index (χ3v) is 5.41. The number of primary amides is 1. The largest absolute Gasteiger partial charge is 0.369 e. The first kappa shape index (κ1) is 18.2. The summed E-state index contributed by atoms with van der Waals surface area (Å²) in [5.41, 5.74) is 9.69. The number of aryl methyl sites for hydroxylation is 1. The van der Waals surface area contributed by atoms with Crippen LogP contribution < -0.4 is 5.73 Å². The lowest BCUT2D eigenvalue weighted by Crippen LogP contribution is -2.42. The highest BCUT2D eigenvalue weighted by atomic mass is 16.2. The van der Waals surface area contributed by atoms with Crippen molar-refractivity contribution in [3.8, 4) is 11.1 Å². The number of nitrogens with two attached hydrogens (primary N) is 1. The molecule has 4 heteroatoms. The fourth-order valence-electron chi connectivity index (χ4n) is 3.87. The van der Waals surface area contributed by atoms with E-state index >= 15 is 0 Å². The highest BCUT2D eigenvalue weighted by Gasteiger charge is 2.44. The van der Waals surface area contributed by atoms with E-state index in [1.54, 1.807) is 4.90 Å². The molecule has 4 nitrogen and oxygen atoms in total. The van der Waals surface area contributed by atoms with Crippen molar-refractivity contribution in [1.29, 1.82) is 0 Å². The summed E-state index contributed by atoms with van der Waals surface area (Å²) in [6.45, 7) is 4.93. The SMILES string of the molecule is CCC(=O)N1CC[C@](Cc2ccccc2-c2cccc(C)c2)(C(N)=O)C1. The van der Waals surface area contributed by atoms with Gasteiger partial charge in [-0.3, -0.25) is 9.59 Å². The van der Waals surface area contributed by atoms with Crippen molar-refractivity contribution in [1.82, 2.24) is 4.90 Å². The van der Waals surface area contributed by atoms with Gasteiger partial charge in [0.25, 0.3) is 0 Å². The summed E-state index contributed by atoms with van der Waals surface area (Å²) < 4.78 is 0. The zero-order chi connectivity index (χ0) is 18.7. The van der Waals surface area contributed by atoms with Crippen molar-refractivity contribution < 1.29 is 9.59 Å². The van der Waals surface area contributed by atoms with Gasteiger partial charge in [-0.1, -0.05) is 61.0 Å². The second-order valence-electron chi connectivity index (χ2n) is 7.27. The number of amides is 2. The average Bonchev–Trinajstić information content (AvgIpc) is 3.07. The van der Waals surface area contributed by atoms with Crippen molar-refractivity contribution in [2.75, 3.05) is 13.1 Å². The molecule has 0 bridgehead atoms. The Morgan fingerprint density at radius 2 is 1.92 bits per heavy atom. The molecule has 26 heavy (non-hydrogen) atoms. The monoisotopic (exact) mass is 350 g/mol. The Morgan fingerprint density at radius 1 is 1.15 bits per heavy atom. The smallest absolute Gasteiger partial charge is 0.225 e. The Morgan fingerprint density at radius 3 is 2.62 bits per heavy atom. The molecule has 0 unspecified atom stereocenters. The number of benzene rings is 2. The van der Waals surface area contributed by atoms with E-state index in [4.69, 9.17) is 5.73 Å². The Kier molecular flexibility index (Phi) is 5.12. The maximum atomic E-state index is 12.4. The van der Waals surface area contributed by atoms with Gasteiger partial charge < -0.3 is 10.6 Å². The first-order chi connectivity index (χ1) is 12.4. The fourth-order valence-corrected chi connectivity index (χ4v) is 3.87. The van der Waals surface area contributed by atoms with Crippen molar-refractivity contribution in [3.63, 3.8) is 0 Å². The van der Waals surface area contributed by atoms with Gasteiger partial charge in [0.05, 0.1) is 5.41 Å². The summed E-state index contributed by atoms with van der Waals surface area (Å²) in [4.78, 5) is 26.2. The highest BCUT2D eigenvalue weighted by Crippen LogP contribution is 2.37. The number of rotatable bonds is 5. The van der Waals surface area contributed by atoms with E-state index in [-0.39, 0.29) is 11.8 Å². The molecule has 1 fully saturated rings. The number of hydrogen-bond acceptors (Lipinski definition) is 2. The molecule has 2 aromatic rings. The van der Waals surface area contributed by atoms with Gasteiger partial charge in [-0.2, -0.15) is 0 Å². The summed E-state index contributed by atoms with van der Waals surface area (Å²) in [5.74, 6) is -0.233. The van der Waals surface area contributed by atoms with Gasteiger partial charge in [-0.05, 0) is 36.5 Å². The minimum Gasteiger partial charge on any atom is -0.369 e. The molecule has 1 aliphatic heterocycles. The Labute approximate surface area is 155 Å². The van der Waals surface area contributed by atoms with Crippen LogP contribution in [-0.4, -0.2) is 29.8 Å². The van der Waals surface area contributed by atoms with Gasteiger partial charge >= 0.3 is 0 Å². The van der Waals surface area contributed by atoms with Crippen LogP contribution in [0.2, 0.25) is 0 Å². The van der Waals surface area contributed by atoms with Crippen molar-refractivity contribution in [2.45, 2.75) is 33.1 Å². The number of likely N-dealkylation sites (tertiary alicyclic amines) is 1. The van der Waals surface area contributed by atoms with Gasteiger partial charge in [-0.25, -0.2) is 0 Å². The van der Waals surface area contributed by atoms with Crippen molar-refractivity contribution in [2.24, 2.45) is 11.1 Å². The molecule has 2 amide bonds. The van der Waals surface area contributed by atoms with E-state index in [0.717, 1.165) is 16.7 Å². The van der Waals surface area contributed by atoms with Crippen molar-refractivity contribution in [3.05, 3.63) is 59.7 Å². The van der Waals surface area contributed by atoms with Crippen LogP contribution in [0.15, 0.2) is 48.5 Å². The summed E-state index contributed by atoms with van der Waals surface area (Å²) >= 11 is 0. The van der Waals surface area contributed by atoms with Gasteiger partial charge in [0, 0.05) is 19.5 Å². The molecule has 1 saturated heterocycles. The van der Waals surface area contributed by atoms with Crippen LogP contribution in [0.5, 0.6) is 0 Å². The minimum absolute atomic E-state index is 0.0834. The Hall–Kier alpha value is -2.62. The molecule has 0 spiro atoms. The van der Waals surface area contributed by atoms with Crippen LogP contribution in [0.4, 0.5) is 0 Å². The zero-order valence-corrected chi connectivity index (χ0v) is 15.5. The van der Waals surface area contributed by atoms with E-state index in [2.05, 4.69) is 37.3 Å². The predicted octanol–water partition coefficient (Wildman–Crippen LogP) is 3.32. The summed E-state index contributed by atoms with van der Waals surface area (Å²) in [6, 6.07) is 16.5. The van der Waals surface area contributed by atoms with Gasteiger partial charge in [0.2, 0.25) is 11.8 Å². The molecule has 2 N–H and O–H groups in total. The highest BCUT2D eigenvalue weighted by molar-refractivity contribution is 5.85. The van der Waals surface area contributed by atoms with Crippen molar-refractivity contribution >= 4 is 11.8 Å². The van der Waals surface area contributed by atoms with Crippen LogP contribution in [0.1, 0.15) is 30.9 Å². The second-order valence-corrected chi connectivity index (χ2v) is 7.27. The van der Waals surface area contributed by atoms with Crippen LogP contribution >= 0.6 is 0 Å². The summed E-state index contributed by atoms with van der Waals surface area (Å²) in [6.07, 6.45) is 1.63. The zero-order valence-electron chi connectivity index (χ0n) is 15.5. The molecular formula is C22H26N2O2. The first-order valence-corrected chi connectivity index (χ1v) is 9.18. The maximum absolute atomic E-state index is 12.4. The van der Waals surface area contributed by atoms with Gasteiger partial charge in [0.15, 0.2) is 0 Å². The average molecular weight is 350 g/mol. The Balaban J connectivity index is 1.95. The topological polar surface area (TPSA) is 63.4 Å². The summed E-state index contributed by atoms with van der Waals surface area (Å²) in [5, 5.41) is 0. The lowest BCUT2D eigenvalue weighted by Gasteiger charge is -2.27. The van der Waals surface area contributed by atoms with E-state index in [1.165, 1.54) is 5.56 Å². The molecule has 1 atom stereocenters. The van der Waals surface area contributed by atoms with Crippen LogP contribution in [-0.2, 0) is 16.0 Å². The van der Waals surface area contributed by atoms with E-state index in [9.17, 15) is 9.59 Å². The molecule has 0 radical (unpaired) electrons. The van der Waals surface area contributed by atoms with Crippen LogP contribution in [0.3, 0.4) is 0 Å². The third-order valence-electron chi connectivity index (χ3n) is 5.41. The fraction of sp³-hybridized carbons (Fsp3) is 0.364. The van der Waals surface area contributed by atoms with E-state index in [1.807, 2.05) is 25.1 Å². The molecule has 2 aromatic carbocycles. The third kappa shape index (κ3) is 3.50. The minimum atomic E-state index is -0.690. The predicted molar refractivity (Wildman–Crippen MR) is 103 cm³/mol. The van der Waals surface area contributed by atoms with Crippen LogP contribution in [0, 0.1) is 12.3 Å². The van der Waals surface area contributed by atoms with Crippen LogP contribution in [0.25, 0.3) is 11.1 Å². The molecule has 1 aliphatic rings. The van der Waals surface area contributed by atoms with Gasteiger partial charge in [0.1, 0.15) is 0 Å². The molecule has 0 aliphatic carbocycles. The summed E-state index contributed by atoms with van der Waals surface area (Å²) in [7, 11) is 0. The molecule has 136 valence electrons. The second kappa shape index (κ2) is 7.32. The standard InChI is InChI=1S/C22H26N2O2/c1-3-20(25)24-12-11-22(15-24,21(23)26)14-18-8-4-5-10-19(18)17-9-6-7-16(2)13-17/h4-10,13H,3,11-12,14-15H2,1-2H3,(H2,23,26)/t22-/m1/s1. The molecule has 0 saturated carbocycles. The van der Waals surface area contributed by atoms with E-state index < -0.39 is 5.41 Å². The number of carbonyl (C=O) groups excluding carboxylic acids is 2. The lowest BCUT2D eigenvalue weighted by atomic mass is 9.78. The molecular weight excluding hydrogens is 324 g/mol. The molecule has 0 aromatic heterocycles. The number of carbonyl (C=O) groups is 2. The normalized spacial score (nSPS) is 19.5. The number of nitrogens with zero attached hydrogens (tertiary/aromatic N) is 1. The Bertz CT molecular complexity index is 830. The maximum Gasteiger partial charge on any atom is 0.225 e. The van der Waals surface area contributed by atoms with Gasteiger partial charge in [-0.15, -0.1) is 0 Å². The number of hydrogen-bond donors (Lipinski definition) is 1. The molecule has 1 heterocycles. The quantitative estimate of drug-likeness (QED) is 0.899.